The standard InChI is InChI=1S/C23H27N5O4/c1-5-24-21(29)28-19-11-17-16(14-8-9-25-20(10-14)32-23(2,3)4)7-6-15(12-27-22(30)31)18(17)13-26-19/h6-11,13,27H,5,12H2,1-4H3,(H,30,31)(H2,24,26,28,29). The van der Waals surface area contributed by atoms with Crippen LogP contribution in [0.1, 0.15) is 33.3 Å². The van der Waals surface area contributed by atoms with Gasteiger partial charge in [0.2, 0.25) is 5.88 Å². The molecule has 3 amide bonds. The van der Waals surface area contributed by atoms with Crippen LogP contribution in [0.25, 0.3) is 21.9 Å². The number of rotatable bonds is 6. The number of nitrogens with zero attached hydrogens (tertiary/aromatic N) is 2. The number of ether oxygens (including phenoxy) is 1. The van der Waals surface area contributed by atoms with Crippen LogP contribution in [0.4, 0.5) is 15.4 Å². The summed E-state index contributed by atoms with van der Waals surface area (Å²) in [5.41, 5.74) is 2.12. The molecule has 2 heterocycles. The second-order valence-corrected chi connectivity index (χ2v) is 8.13. The monoisotopic (exact) mass is 437 g/mol. The Bertz CT molecular complexity index is 1140. The summed E-state index contributed by atoms with van der Waals surface area (Å²) in [7, 11) is 0. The van der Waals surface area contributed by atoms with Crippen molar-refractivity contribution in [2.75, 3.05) is 11.9 Å². The molecule has 1 aromatic carbocycles. The lowest BCUT2D eigenvalue weighted by Crippen LogP contribution is -2.28. The maximum absolute atomic E-state index is 12.0. The smallest absolute Gasteiger partial charge is 0.404 e. The van der Waals surface area contributed by atoms with E-state index in [1.807, 2.05) is 52.0 Å². The fourth-order valence-corrected chi connectivity index (χ4v) is 3.21. The second kappa shape index (κ2) is 9.51. The van der Waals surface area contributed by atoms with Gasteiger partial charge in [0.25, 0.3) is 0 Å². The Morgan fingerprint density at radius 1 is 1.06 bits per heavy atom. The third-order valence-corrected chi connectivity index (χ3v) is 4.46. The molecule has 0 saturated heterocycles. The van der Waals surface area contributed by atoms with Gasteiger partial charge in [-0.2, -0.15) is 0 Å². The maximum atomic E-state index is 12.0. The van der Waals surface area contributed by atoms with E-state index in [-0.39, 0.29) is 12.6 Å². The first-order valence-corrected chi connectivity index (χ1v) is 10.2. The Balaban J connectivity index is 2.10. The molecule has 32 heavy (non-hydrogen) atoms. The Morgan fingerprint density at radius 3 is 2.53 bits per heavy atom. The molecule has 0 bridgehead atoms. The number of pyridine rings is 2. The lowest BCUT2D eigenvalue weighted by Gasteiger charge is -2.20. The van der Waals surface area contributed by atoms with Crippen LogP contribution in [0, 0.1) is 0 Å². The SMILES string of the molecule is CCNC(=O)Nc1cc2c(-c3ccnc(OC(C)(C)C)c3)ccc(CNC(=O)O)c2cn1. The average molecular weight is 438 g/mol. The summed E-state index contributed by atoms with van der Waals surface area (Å²) in [5.74, 6) is 0.878. The van der Waals surface area contributed by atoms with Crippen molar-refractivity contribution in [3.05, 3.63) is 48.3 Å². The molecule has 4 N–H and O–H groups in total. The zero-order chi connectivity index (χ0) is 23.3. The van der Waals surface area contributed by atoms with Crippen molar-refractivity contribution in [3.63, 3.8) is 0 Å². The fraction of sp³-hybridized carbons (Fsp3) is 0.304. The maximum Gasteiger partial charge on any atom is 0.404 e. The number of hydrogen-bond donors (Lipinski definition) is 4. The van der Waals surface area contributed by atoms with Gasteiger partial charge < -0.3 is 20.5 Å². The van der Waals surface area contributed by atoms with Crippen molar-refractivity contribution in [3.8, 4) is 17.0 Å². The highest BCUT2D eigenvalue weighted by Crippen LogP contribution is 2.33. The van der Waals surface area contributed by atoms with E-state index < -0.39 is 11.7 Å². The molecule has 9 nitrogen and oxygen atoms in total. The van der Waals surface area contributed by atoms with Gasteiger partial charge in [-0.15, -0.1) is 0 Å². The van der Waals surface area contributed by atoms with E-state index >= 15 is 0 Å². The third-order valence-electron chi connectivity index (χ3n) is 4.46. The summed E-state index contributed by atoms with van der Waals surface area (Å²) in [4.78, 5) is 31.6. The quantitative estimate of drug-likeness (QED) is 0.453. The van der Waals surface area contributed by atoms with Gasteiger partial charge in [-0.25, -0.2) is 19.6 Å². The molecule has 0 aliphatic rings. The molecule has 9 heteroatoms. The zero-order valence-corrected chi connectivity index (χ0v) is 18.5. The van der Waals surface area contributed by atoms with E-state index in [0.717, 1.165) is 27.5 Å². The topological polar surface area (TPSA) is 125 Å². The van der Waals surface area contributed by atoms with E-state index in [1.54, 1.807) is 18.5 Å². The predicted molar refractivity (Wildman–Crippen MR) is 123 cm³/mol. The molecule has 0 aliphatic heterocycles. The molecular formula is C23H27N5O4. The van der Waals surface area contributed by atoms with Gasteiger partial charge in [0.05, 0.1) is 0 Å². The fourth-order valence-electron chi connectivity index (χ4n) is 3.21. The first-order chi connectivity index (χ1) is 15.2. The zero-order valence-electron chi connectivity index (χ0n) is 18.5. The molecule has 3 aromatic rings. The number of carbonyl (C=O) groups is 2. The minimum Gasteiger partial charge on any atom is -0.472 e. The Kier molecular flexibility index (Phi) is 6.77. The van der Waals surface area contributed by atoms with Crippen molar-refractivity contribution in [2.45, 2.75) is 39.8 Å². The molecule has 2 aromatic heterocycles. The summed E-state index contributed by atoms with van der Waals surface area (Å²) >= 11 is 0. The predicted octanol–water partition coefficient (Wildman–Crippen LogP) is 4.38. The van der Waals surface area contributed by atoms with Crippen LogP contribution in [-0.2, 0) is 6.54 Å². The first kappa shape index (κ1) is 22.8. The van der Waals surface area contributed by atoms with E-state index in [1.165, 1.54) is 0 Å². The third kappa shape index (κ3) is 5.84. The minimum atomic E-state index is -1.11. The van der Waals surface area contributed by atoms with Crippen LogP contribution in [0.2, 0.25) is 0 Å². The lowest BCUT2D eigenvalue weighted by atomic mass is 9.96. The van der Waals surface area contributed by atoms with Gasteiger partial charge in [0.1, 0.15) is 11.4 Å². The van der Waals surface area contributed by atoms with E-state index in [4.69, 9.17) is 9.84 Å². The number of nitrogens with one attached hydrogen (secondary N) is 3. The summed E-state index contributed by atoms with van der Waals surface area (Å²) in [6, 6.07) is 8.91. The Labute approximate surface area is 186 Å². The van der Waals surface area contributed by atoms with Crippen LogP contribution in [0.5, 0.6) is 5.88 Å². The molecule has 0 aliphatic carbocycles. The van der Waals surface area contributed by atoms with Crippen molar-refractivity contribution < 1.29 is 19.4 Å². The van der Waals surface area contributed by atoms with Crippen LogP contribution in [-0.4, -0.2) is 39.3 Å². The summed E-state index contributed by atoms with van der Waals surface area (Å²) < 4.78 is 5.90. The van der Waals surface area contributed by atoms with Crippen LogP contribution in [0.15, 0.2) is 42.7 Å². The van der Waals surface area contributed by atoms with Crippen LogP contribution in [0.3, 0.4) is 0 Å². The first-order valence-electron chi connectivity index (χ1n) is 10.2. The van der Waals surface area contributed by atoms with Crippen LogP contribution < -0.4 is 20.7 Å². The highest BCUT2D eigenvalue weighted by molar-refractivity contribution is 6.01. The molecule has 168 valence electrons. The molecule has 0 unspecified atom stereocenters. The van der Waals surface area contributed by atoms with Gasteiger partial charge in [-0.3, -0.25) is 5.32 Å². The summed E-state index contributed by atoms with van der Waals surface area (Å²) in [5, 5.41) is 18.4. The van der Waals surface area contributed by atoms with Crippen molar-refractivity contribution in [2.24, 2.45) is 0 Å². The van der Waals surface area contributed by atoms with Crippen molar-refractivity contribution in [1.82, 2.24) is 20.6 Å². The lowest BCUT2D eigenvalue weighted by molar-refractivity contribution is 0.124. The van der Waals surface area contributed by atoms with Crippen molar-refractivity contribution >= 4 is 28.7 Å². The number of carboxylic acid groups (broad SMARTS) is 1. The number of urea groups is 1. The highest BCUT2D eigenvalue weighted by atomic mass is 16.5. The molecule has 0 spiro atoms. The number of aromatic nitrogens is 2. The Morgan fingerprint density at radius 2 is 1.84 bits per heavy atom. The van der Waals surface area contributed by atoms with Gasteiger partial charge in [-0.05, 0) is 61.9 Å². The number of anilines is 1. The van der Waals surface area contributed by atoms with E-state index in [0.29, 0.717) is 18.2 Å². The van der Waals surface area contributed by atoms with E-state index in [9.17, 15) is 9.59 Å². The summed E-state index contributed by atoms with van der Waals surface area (Å²) in [6.45, 7) is 8.30. The van der Waals surface area contributed by atoms with Gasteiger partial charge in [0.15, 0.2) is 0 Å². The minimum absolute atomic E-state index is 0.131. The second-order valence-electron chi connectivity index (χ2n) is 8.13. The number of hydrogen-bond acceptors (Lipinski definition) is 5. The normalized spacial score (nSPS) is 11.1. The Hall–Kier alpha value is -3.88. The number of benzene rings is 1. The van der Waals surface area contributed by atoms with Gasteiger partial charge in [0, 0.05) is 36.9 Å². The molecule has 0 atom stereocenters. The number of carbonyl (C=O) groups excluding carboxylic acids is 1. The molecule has 0 saturated carbocycles. The number of amides is 3. The van der Waals surface area contributed by atoms with Gasteiger partial charge >= 0.3 is 12.1 Å². The molecule has 3 rings (SSSR count). The van der Waals surface area contributed by atoms with Gasteiger partial charge in [-0.1, -0.05) is 12.1 Å². The molecule has 0 radical (unpaired) electrons. The average Bonchev–Trinajstić information content (AvgIpc) is 2.70. The van der Waals surface area contributed by atoms with Crippen LogP contribution >= 0.6 is 0 Å². The highest BCUT2D eigenvalue weighted by Gasteiger charge is 2.15. The molecular weight excluding hydrogens is 410 g/mol. The summed E-state index contributed by atoms with van der Waals surface area (Å²) in [6.07, 6.45) is 2.20. The molecule has 0 fully saturated rings. The number of fused-ring (bicyclic) bond motifs is 1. The largest absolute Gasteiger partial charge is 0.472 e. The van der Waals surface area contributed by atoms with Crippen molar-refractivity contribution in [1.29, 1.82) is 0 Å². The van der Waals surface area contributed by atoms with E-state index in [2.05, 4.69) is 25.9 Å².